The first kappa shape index (κ1) is 17.7. The molecule has 0 aromatic heterocycles. The van der Waals surface area contributed by atoms with Crippen molar-refractivity contribution < 1.29 is 23.8 Å². The Hall–Kier alpha value is -3.08. The molecule has 0 N–H and O–H groups in total. The fraction of sp³-hybridized carbons (Fsp3) is 0.238. The highest BCUT2D eigenvalue weighted by Crippen LogP contribution is 2.38. The van der Waals surface area contributed by atoms with E-state index >= 15 is 0 Å². The highest BCUT2D eigenvalue weighted by atomic mass is 16.6. The summed E-state index contributed by atoms with van der Waals surface area (Å²) >= 11 is 0. The maximum Gasteiger partial charge on any atom is 0.346 e. The van der Waals surface area contributed by atoms with Crippen LogP contribution in [0, 0.1) is 13.8 Å². The van der Waals surface area contributed by atoms with E-state index in [0.29, 0.717) is 17.1 Å². The third-order valence-electron chi connectivity index (χ3n) is 4.26. The van der Waals surface area contributed by atoms with E-state index in [9.17, 15) is 9.59 Å². The molecule has 0 aliphatic carbocycles. The van der Waals surface area contributed by atoms with Gasteiger partial charge in [0.25, 0.3) is 0 Å². The number of carbonyl (C=O) groups is 2. The Bertz CT molecular complexity index is 911. The summed E-state index contributed by atoms with van der Waals surface area (Å²) in [4.78, 5) is 24.2. The molecular weight excluding hydrogens is 332 g/mol. The van der Waals surface area contributed by atoms with Crippen LogP contribution in [0.5, 0.6) is 11.5 Å². The van der Waals surface area contributed by atoms with Crippen molar-refractivity contribution in [2.75, 3.05) is 7.11 Å². The van der Waals surface area contributed by atoms with E-state index in [1.165, 1.54) is 7.11 Å². The third kappa shape index (κ3) is 3.33. The first-order chi connectivity index (χ1) is 12.4. The second kappa shape index (κ2) is 7.04. The lowest BCUT2D eigenvalue weighted by molar-refractivity contribution is -0.147. The molecule has 2 aromatic carbocycles. The Morgan fingerprint density at radius 3 is 2.58 bits per heavy atom. The van der Waals surface area contributed by atoms with Crippen LogP contribution in [0.1, 0.15) is 34.0 Å². The second-order valence-electron chi connectivity index (χ2n) is 6.19. The molecule has 2 aromatic rings. The zero-order valence-electron chi connectivity index (χ0n) is 15.2. The first-order valence-corrected chi connectivity index (χ1v) is 8.29. The minimum atomic E-state index is -0.753. The lowest BCUT2D eigenvalue weighted by atomic mass is 10.0. The number of Topliss-reactive ketones (excluding diaryl/α,β-unsaturated/α-hetero) is 1. The summed E-state index contributed by atoms with van der Waals surface area (Å²) < 4.78 is 16.0. The van der Waals surface area contributed by atoms with Crippen molar-refractivity contribution >= 4 is 17.8 Å². The molecule has 0 saturated heterocycles. The van der Waals surface area contributed by atoms with Crippen molar-refractivity contribution in [2.45, 2.75) is 26.9 Å². The number of ether oxygens (including phenoxy) is 3. The van der Waals surface area contributed by atoms with Crippen LogP contribution in [0.4, 0.5) is 0 Å². The van der Waals surface area contributed by atoms with Gasteiger partial charge in [0.15, 0.2) is 11.9 Å². The van der Waals surface area contributed by atoms with Crippen molar-refractivity contribution in [3.8, 4) is 11.5 Å². The highest BCUT2D eigenvalue weighted by Gasteiger charge is 2.30. The maximum absolute atomic E-state index is 12.7. The second-order valence-corrected chi connectivity index (χ2v) is 6.19. The summed E-state index contributed by atoms with van der Waals surface area (Å²) in [5.41, 5.74) is 3.23. The minimum Gasteiger partial charge on any atom is -0.479 e. The van der Waals surface area contributed by atoms with Crippen LogP contribution < -0.4 is 9.47 Å². The number of hydrogen-bond donors (Lipinski definition) is 0. The Balaban J connectivity index is 1.91. The van der Waals surface area contributed by atoms with Crippen LogP contribution in [0.25, 0.3) is 6.08 Å². The van der Waals surface area contributed by atoms with Gasteiger partial charge in [-0.1, -0.05) is 24.3 Å². The first-order valence-electron chi connectivity index (χ1n) is 8.29. The van der Waals surface area contributed by atoms with Crippen molar-refractivity contribution in [2.24, 2.45) is 0 Å². The summed E-state index contributed by atoms with van der Waals surface area (Å²) in [6.07, 6.45) is 0.992. The zero-order valence-corrected chi connectivity index (χ0v) is 15.2. The molecule has 1 aliphatic heterocycles. The van der Waals surface area contributed by atoms with Gasteiger partial charge in [-0.3, -0.25) is 4.79 Å². The molecule has 3 rings (SSSR count). The van der Waals surface area contributed by atoms with Crippen LogP contribution in [-0.4, -0.2) is 25.0 Å². The summed E-state index contributed by atoms with van der Waals surface area (Å²) in [7, 11) is 1.31. The van der Waals surface area contributed by atoms with Crippen molar-refractivity contribution in [1.29, 1.82) is 0 Å². The molecular formula is C21H20O5. The molecule has 0 saturated carbocycles. The number of methoxy groups -OCH3 is 1. The summed E-state index contributed by atoms with van der Waals surface area (Å²) in [6.45, 7) is 5.39. The predicted molar refractivity (Wildman–Crippen MR) is 97.4 cm³/mol. The van der Waals surface area contributed by atoms with Gasteiger partial charge in [0.1, 0.15) is 11.5 Å². The maximum atomic E-state index is 12.7. The molecule has 0 radical (unpaired) electrons. The number of carbonyl (C=O) groups excluding carboxylic acids is 2. The number of ketones is 1. The van der Waals surface area contributed by atoms with E-state index in [1.807, 2.05) is 38.1 Å². The number of allylic oxidation sites excluding steroid dienone is 1. The van der Waals surface area contributed by atoms with E-state index in [1.54, 1.807) is 25.1 Å². The van der Waals surface area contributed by atoms with E-state index < -0.39 is 12.1 Å². The Labute approximate surface area is 152 Å². The van der Waals surface area contributed by atoms with Crippen LogP contribution in [0.15, 0.2) is 42.2 Å². The molecule has 1 heterocycles. The summed E-state index contributed by atoms with van der Waals surface area (Å²) in [5.74, 6) is 0.523. The van der Waals surface area contributed by atoms with E-state index in [4.69, 9.17) is 9.47 Å². The smallest absolute Gasteiger partial charge is 0.346 e. The molecule has 0 amide bonds. The minimum absolute atomic E-state index is 0.159. The molecule has 5 heteroatoms. The molecule has 5 nitrogen and oxygen atoms in total. The Morgan fingerprint density at radius 1 is 1.15 bits per heavy atom. The lowest BCUT2D eigenvalue weighted by Crippen LogP contribution is -2.24. The molecule has 0 bridgehead atoms. The van der Waals surface area contributed by atoms with Gasteiger partial charge in [-0.25, -0.2) is 4.79 Å². The fourth-order valence-electron chi connectivity index (χ4n) is 2.85. The Kier molecular flexibility index (Phi) is 4.80. The van der Waals surface area contributed by atoms with Gasteiger partial charge in [-0.05, 0) is 49.6 Å². The highest BCUT2D eigenvalue weighted by molar-refractivity contribution is 6.15. The zero-order chi connectivity index (χ0) is 18.8. The van der Waals surface area contributed by atoms with Gasteiger partial charge in [0, 0.05) is 6.07 Å². The van der Waals surface area contributed by atoms with Crippen LogP contribution in [-0.2, 0) is 9.53 Å². The molecule has 0 fully saturated rings. The van der Waals surface area contributed by atoms with Gasteiger partial charge in [0.2, 0.25) is 5.78 Å². The number of fused-ring (bicyclic) bond motifs is 1. The lowest BCUT2D eigenvalue weighted by Gasteiger charge is -2.13. The van der Waals surface area contributed by atoms with Crippen molar-refractivity contribution in [1.82, 2.24) is 0 Å². The normalized spacial score (nSPS) is 15.4. The monoisotopic (exact) mass is 352 g/mol. The van der Waals surface area contributed by atoms with E-state index in [2.05, 4.69) is 4.74 Å². The topological polar surface area (TPSA) is 61.8 Å². The standard InChI is InChI=1S/C21H20O5/c1-12-7-5-6-8-15(12)10-18-20(22)19-13(2)9-16(11-17(19)26-18)25-14(3)21(23)24-4/h5-11,14H,1-4H3/b18-10-. The van der Waals surface area contributed by atoms with E-state index in [0.717, 1.165) is 16.7 Å². The van der Waals surface area contributed by atoms with Crippen LogP contribution in [0.3, 0.4) is 0 Å². The number of aryl methyl sites for hydroxylation is 2. The summed E-state index contributed by atoms with van der Waals surface area (Å²) in [5, 5.41) is 0. The largest absolute Gasteiger partial charge is 0.479 e. The predicted octanol–water partition coefficient (Wildman–Crippen LogP) is 3.86. The quantitative estimate of drug-likeness (QED) is 0.618. The molecule has 134 valence electrons. The van der Waals surface area contributed by atoms with Gasteiger partial charge < -0.3 is 14.2 Å². The van der Waals surface area contributed by atoms with Crippen LogP contribution >= 0.6 is 0 Å². The van der Waals surface area contributed by atoms with Crippen LogP contribution in [0.2, 0.25) is 0 Å². The fourth-order valence-corrected chi connectivity index (χ4v) is 2.85. The Morgan fingerprint density at radius 2 is 1.88 bits per heavy atom. The third-order valence-corrected chi connectivity index (χ3v) is 4.26. The van der Waals surface area contributed by atoms with Crippen molar-refractivity contribution in [3.63, 3.8) is 0 Å². The number of esters is 1. The number of hydrogen-bond acceptors (Lipinski definition) is 5. The van der Waals surface area contributed by atoms with Gasteiger partial charge in [-0.15, -0.1) is 0 Å². The van der Waals surface area contributed by atoms with Gasteiger partial charge in [0.05, 0.1) is 12.7 Å². The summed E-state index contributed by atoms with van der Waals surface area (Å²) in [6, 6.07) is 11.1. The molecule has 1 aliphatic rings. The van der Waals surface area contributed by atoms with Gasteiger partial charge >= 0.3 is 5.97 Å². The molecule has 26 heavy (non-hydrogen) atoms. The van der Waals surface area contributed by atoms with E-state index in [-0.39, 0.29) is 11.5 Å². The van der Waals surface area contributed by atoms with Crippen molar-refractivity contribution in [3.05, 3.63) is 64.4 Å². The number of benzene rings is 2. The number of rotatable bonds is 4. The SMILES string of the molecule is COC(=O)C(C)Oc1cc(C)c2c(c1)O/C(=C\c1ccccc1C)C2=O. The van der Waals surface area contributed by atoms with Gasteiger partial charge in [-0.2, -0.15) is 0 Å². The molecule has 1 unspecified atom stereocenters. The average molecular weight is 352 g/mol. The average Bonchev–Trinajstić information content (AvgIpc) is 2.92. The molecule has 1 atom stereocenters. The molecule has 0 spiro atoms.